The average Bonchev–Trinajstić information content (AvgIpc) is 2.51. The van der Waals surface area contributed by atoms with Crippen LogP contribution in [0.3, 0.4) is 0 Å². The van der Waals surface area contributed by atoms with Gasteiger partial charge < -0.3 is 9.64 Å². The van der Waals surface area contributed by atoms with Crippen LogP contribution in [0.5, 0.6) is 0 Å². The summed E-state index contributed by atoms with van der Waals surface area (Å²) in [4.78, 5) is 13.6. The van der Waals surface area contributed by atoms with Gasteiger partial charge in [0.25, 0.3) is 0 Å². The van der Waals surface area contributed by atoms with Gasteiger partial charge in [0.2, 0.25) is 5.91 Å². The van der Waals surface area contributed by atoms with Crippen LogP contribution in [0.1, 0.15) is 26.2 Å². The van der Waals surface area contributed by atoms with Crippen molar-refractivity contribution in [3.8, 4) is 0 Å². The summed E-state index contributed by atoms with van der Waals surface area (Å²) in [7, 11) is 1.68. The first-order chi connectivity index (χ1) is 6.79. The van der Waals surface area contributed by atoms with Crippen LogP contribution >= 0.6 is 0 Å². The second kappa shape index (κ2) is 5.98. The van der Waals surface area contributed by atoms with E-state index in [4.69, 9.17) is 4.74 Å². The minimum absolute atomic E-state index is 0.0579. The number of nitrogens with one attached hydrogen (secondary N) is 1. The van der Waals surface area contributed by atoms with Crippen LogP contribution in [0.25, 0.3) is 0 Å². The largest absolute Gasteiger partial charge is 0.385 e. The molecule has 0 aromatic heterocycles. The number of carbonyl (C=O) groups excluding carboxylic acids is 1. The van der Waals surface area contributed by atoms with Gasteiger partial charge in [-0.15, -0.1) is 0 Å². The number of amides is 1. The average molecular weight is 200 g/mol. The Labute approximate surface area is 85.6 Å². The van der Waals surface area contributed by atoms with E-state index in [-0.39, 0.29) is 11.9 Å². The number of hydrogen-bond donors (Lipinski definition) is 1. The highest BCUT2D eigenvalue weighted by atomic mass is 16.5. The van der Waals surface area contributed by atoms with Gasteiger partial charge in [0.15, 0.2) is 0 Å². The lowest BCUT2D eigenvalue weighted by Crippen LogP contribution is -2.31. The molecule has 0 radical (unpaired) electrons. The summed E-state index contributed by atoms with van der Waals surface area (Å²) in [5.74, 6) is 0.253. The molecule has 1 aliphatic rings. The van der Waals surface area contributed by atoms with Crippen LogP contribution in [-0.2, 0) is 9.53 Å². The molecular weight excluding hydrogens is 180 g/mol. The SMILES string of the molecule is CCCC1NCN(CCCOC)C1=O. The topological polar surface area (TPSA) is 41.6 Å². The Morgan fingerprint density at radius 3 is 3.07 bits per heavy atom. The number of methoxy groups -OCH3 is 1. The van der Waals surface area contributed by atoms with Crippen molar-refractivity contribution in [3.63, 3.8) is 0 Å². The zero-order valence-electron chi connectivity index (χ0n) is 9.08. The first kappa shape index (κ1) is 11.5. The van der Waals surface area contributed by atoms with Crippen molar-refractivity contribution in [2.24, 2.45) is 0 Å². The lowest BCUT2D eigenvalue weighted by Gasteiger charge is -2.14. The molecule has 1 rings (SSSR count). The Bertz CT molecular complexity index is 185. The molecular formula is C10H20N2O2. The molecule has 1 unspecified atom stereocenters. The van der Waals surface area contributed by atoms with Gasteiger partial charge in [0.05, 0.1) is 12.7 Å². The van der Waals surface area contributed by atoms with Gasteiger partial charge >= 0.3 is 0 Å². The molecule has 0 aliphatic carbocycles. The number of nitrogens with zero attached hydrogens (tertiary/aromatic N) is 1. The molecule has 4 heteroatoms. The van der Waals surface area contributed by atoms with Crippen LogP contribution in [0, 0.1) is 0 Å². The third kappa shape index (κ3) is 2.96. The Hall–Kier alpha value is -0.610. The fraction of sp³-hybridized carbons (Fsp3) is 0.900. The van der Waals surface area contributed by atoms with E-state index >= 15 is 0 Å². The molecule has 82 valence electrons. The first-order valence-electron chi connectivity index (χ1n) is 5.30. The second-order valence-corrected chi connectivity index (χ2v) is 3.65. The predicted octanol–water partition coefficient (Wildman–Crippen LogP) is 0.581. The Morgan fingerprint density at radius 1 is 1.64 bits per heavy atom. The van der Waals surface area contributed by atoms with E-state index in [1.165, 1.54) is 0 Å². The third-order valence-corrected chi connectivity index (χ3v) is 2.49. The zero-order chi connectivity index (χ0) is 10.4. The Kier molecular flexibility index (Phi) is 4.90. The van der Waals surface area contributed by atoms with Crippen molar-refractivity contribution in [2.45, 2.75) is 32.2 Å². The fourth-order valence-corrected chi connectivity index (χ4v) is 1.71. The summed E-state index contributed by atoms with van der Waals surface area (Å²) < 4.78 is 4.95. The van der Waals surface area contributed by atoms with Crippen molar-refractivity contribution >= 4 is 5.91 Å². The summed E-state index contributed by atoms with van der Waals surface area (Å²) >= 11 is 0. The molecule has 0 aromatic rings. The predicted molar refractivity (Wildman–Crippen MR) is 54.9 cm³/mol. The molecule has 14 heavy (non-hydrogen) atoms. The van der Waals surface area contributed by atoms with Gasteiger partial charge in [-0.25, -0.2) is 0 Å². The van der Waals surface area contributed by atoms with Crippen LogP contribution < -0.4 is 5.32 Å². The van der Waals surface area contributed by atoms with E-state index in [0.717, 1.165) is 32.4 Å². The fourth-order valence-electron chi connectivity index (χ4n) is 1.71. The van der Waals surface area contributed by atoms with Gasteiger partial charge in [-0.05, 0) is 12.8 Å². The summed E-state index contributed by atoms with van der Waals surface area (Å²) in [6.45, 7) is 4.33. The van der Waals surface area contributed by atoms with Gasteiger partial charge in [-0.1, -0.05) is 13.3 Å². The second-order valence-electron chi connectivity index (χ2n) is 3.65. The minimum atomic E-state index is 0.0579. The Morgan fingerprint density at radius 2 is 2.43 bits per heavy atom. The smallest absolute Gasteiger partial charge is 0.240 e. The number of ether oxygens (including phenoxy) is 1. The van der Waals surface area contributed by atoms with Crippen molar-refractivity contribution in [1.29, 1.82) is 0 Å². The molecule has 0 saturated carbocycles. The molecule has 1 N–H and O–H groups in total. The molecule has 1 fully saturated rings. The summed E-state index contributed by atoms with van der Waals surface area (Å²) in [6.07, 6.45) is 2.91. The standard InChI is InChI=1S/C10H20N2O2/c1-3-5-9-10(13)12(8-11-9)6-4-7-14-2/h9,11H,3-8H2,1-2H3. The van der Waals surface area contributed by atoms with Crippen LogP contribution in [-0.4, -0.2) is 43.8 Å². The lowest BCUT2D eigenvalue weighted by atomic mass is 10.2. The molecule has 4 nitrogen and oxygen atoms in total. The van der Waals surface area contributed by atoms with E-state index < -0.39 is 0 Å². The normalized spacial score (nSPS) is 22.0. The number of carbonyl (C=O) groups is 1. The minimum Gasteiger partial charge on any atom is -0.385 e. The quantitative estimate of drug-likeness (QED) is 0.638. The number of hydrogen-bond acceptors (Lipinski definition) is 3. The van der Waals surface area contributed by atoms with Crippen molar-refractivity contribution in [1.82, 2.24) is 10.2 Å². The van der Waals surface area contributed by atoms with Gasteiger partial charge in [0, 0.05) is 20.3 Å². The van der Waals surface area contributed by atoms with E-state index in [2.05, 4.69) is 12.2 Å². The van der Waals surface area contributed by atoms with Gasteiger partial charge in [0.1, 0.15) is 0 Å². The van der Waals surface area contributed by atoms with Crippen LogP contribution in [0.2, 0.25) is 0 Å². The third-order valence-electron chi connectivity index (χ3n) is 2.49. The highest BCUT2D eigenvalue weighted by Crippen LogP contribution is 2.08. The molecule has 1 atom stereocenters. The van der Waals surface area contributed by atoms with Crippen molar-refractivity contribution in [3.05, 3.63) is 0 Å². The molecule has 1 aliphatic heterocycles. The summed E-state index contributed by atoms with van der Waals surface area (Å²) in [5, 5.41) is 3.22. The van der Waals surface area contributed by atoms with Crippen LogP contribution in [0.4, 0.5) is 0 Å². The monoisotopic (exact) mass is 200 g/mol. The van der Waals surface area contributed by atoms with E-state index in [1.807, 2.05) is 4.90 Å². The highest BCUT2D eigenvalue weighted by molar-refractivity contribution is 5.83. The lowest BCUT2D eigenvalue weighted by molar-refractivity contribution is -0.129. The number of rotatable bonds is 6. The van der Waals surface area contributed by atoms with Crippen molar-refractivity contribution in [2.75, 3.05) is 26.9 Å². The maximum atomic E-state index is 11.7. The molecule has 1 amide bonds. The maximum absolute atomic E-state index is 11.7. The molecule has 0 bridgehead atoms. The van der Waals surface area contributed by atoms with Gasteiger partial charge in [-0.3, -0.25) is 10.1 Å². The Balaban J connectivity index is 2.25. The molecule has 1 saturated heterocycles. The molecule has 0 aromatic carbocycles. The van der Waals surface area contributed by atoms with E-state index in [9.17, 15) is 4.79 Å². The van der Waals surface area contributed by atoms with Crippen molar-refractivity contribution < 1.29 is 9.53 Å². The molecule has 0 spiro atoms. The zero-order valence-corrected chi connectivity index (χ0v) is 9.08. The highest BCUT2D eigenvalue weighted by Gasteiger charge is 2.29. The van der Waals surface area contributed by atoms with Gasteiger partial charge in [-0.2, -0.15) is 0 Å². The van der Waals surface area contributed by atoms with Crippen LogP contribution in [0.15, 0.2) is 0 Å². The maximum Gasteiger partial charge on any atom is 0.240 e. The van der Waals surface area contributed by atoms with E-state index in [1.54, 1.807) is 7.11 Å². The van der Waals surface area contributed by atoms with E-state index in [0.29, 0.717) is 6.67 Å². The molecule has 1 heterocycles. The summed E-state index contributed by atoms with van der Waals surface area (Å²) in [6, 6.07) is 0.0579. The first-order valence-corrected chi connectivity index (χ1v) is 5.30. The summed E-state index contributed by atoms with van der Waals surface area (Å²) in [5.41, 5.74) is 0.